The molecule has 0 aromatic heterocycles. The Labute approximate surface area is 98.8 Å². The third-order valence-corrected chi connectivity index (χ3v) is 2.97. The fourth-order valence-electron chi connectivity index (χ4n) is 2.11. The third kappa shape index (κ3) is 2.36. The molecule has 1 saturated carbocycles. The molecule has 0 N–H and O–H groups in total. The Morgan fingerprint density at radius 3 is 2.88 bits per heavy atom. The highest BCUT2D eigenvalue weighted by Gasteiger charge is 2.38. The molecule has 1 fully saturated rings. The van der Waals surface area contributed by atoms with Gasteiger partial charge in [0.25, 0.3) is 0 Å². The largest absolute Gasteiger partial charge is 0.482 e. The van der Waals surface area contributed by atoms with Gasteiger partial charge in [-0.05, 0) is 25.0 Å². The number of hydrogen-bond acceptors (Lipinski definition) is 4. The van der Waals surface area contributed by atoms with E-state index >= 15 is 0 Å². The number of rotatable bonds is 3. The molecule has 0 saturated heterocycles. The minimum absolute atomic E-state index is 0.285. The molecule has 0 heterocycles. The van der Waals surface area contributed by atoms with Crippen molar-refractivity contribution in [1.82, 2.24) is 0 Å². The second-order valence-electron chi connectivity index (χ2n) is 4.05. The molecule has 0 amide bonds. The van der Waals surface area contributed by atoms with E-state index in [1.54, 1.807) is 24.3 Å². The zero-order valence-corrected chi connectivity index (χ0v) is 9.20. The van der Waals surface area contributed by atoms with Crippen LogP contribution in [-0.4, -0.2) is 17.1 Å². The summed E-state index contributed by atoms with van der Waals surface area (Å²) in [6.07, 6.45) is 1.60. The van der Waals surface area contributed by atoms with Crippen LogP contribution in [0.3, 0.4) is 0 Å². The number of ether oxygens (including phenoxy) is 1. The monoisotopic (exact) mass is 232 g/mol. The Morgan fingerprint density at radius 2 is 2.18 bits per heavy atom. The van der Waals surface area contributed by atoms with Crippen LogP contribution in [0.15, 0.2) is 24.3 Å². The molecule has 1 aromatic rings. The highest BCUT2D eigenvalue weighted by molar-refractivity contribution is 5.42. The summed E-state index contributed by atoms with van der Waals surface area (Å²) in [6.45, 7) is 0. The van der Waals surface area contributed by atoms with Crippen LogP contribution >= 0.6 is 0 Å². The van der Waals surface area contributed by atoms with Gasteiger partial charge in [-0.25, -0.2) is 0 Å². The number of nitriles is 1. The Bertz CT molecular complexity index is 467. The lowest BCUT2D eigenvalue weighted by molar-refractivity contribution is -0.529. The summed E-state index contributed by atoms with van der Waals surface area (Å²) in [5, 5.41) is 19.7. The van der Waals surface area contributed by atoms with Crippen molar-refractivity contribution in [3.05, 3.63) is 39.9 Å². The second kappa shape index (κ2) is 4.83. The van der Waals surface area contributed by atoms with Crippen LogP contribution in [0.2, 0.25) is 0 Å². The van der Waals surface area contributed by atoms with E-state index in [1.807, 2.05) is 6.07 Å². The number of nitrogens with zero attached hydrogens (tertiary/aromatic N) is 2. The minimum Gasteiger partial charge on any atom is -0.482 e. The molecule has 0 bridgehead atoms. The number of nitro groups is 1. The molecular weight excluding hydrogens is 220 g/mol. The van der Waals surface area contributed by atoms with Gasteiger partial charge in [0.2, 0.25) is 6.04 Å². The van der Waals surface area contributed by atoms with Gasteiger partial charge in [-0.15, -0.1) is 0 Å². The van der Waals surface area contributed by atoms with Crippen molar-refractivity contribution in [3.8, 4) is 11.8 Å². The summed E-state index contributed by atoms with van der Waals surface area (Å²) in [4.78, 5) is 10.5. The standard InChI is InChI=1S/C12H12N2O3/c13-8-9-4-1-2-6-11(9)17-12-7-3-5-10(12)14(15)16/h1-2,4,6,10,12H,3,5,7H2. The first kappa shape index (κ1) is 11.4. The van der Waals surface area contributed by atoms with Crippen LogP contribution in [0.4, 0.5) is 0 Å². The molecule has 88 valence electrons. The van der Waals surface area contributed by atoms with E-state index in [9.17, 15) is 10.1 Å². The summed E-state index contributed by atoms with van der Waals surface area (Å²) < 4.78 is 5.61. The maximum Gasteiger partial charge on any atom is 0.249 e. The topological polar surface area (TPSA) is 76.2 Å². The SMILES string of the molecule is N#Cc1ccccc1OC1CCCC1[N+](=O)[O-]. The Balaban J connectivity index is 2.15. The van der Waals surface area contributed by atoms with E-state index in [4.69, 9.17) is 10.00 Å². The maximum atomic E-state index is 10.8. The molecule has 2 atom stereocenters. The molecule has 5 nitrogen and oxygen atoms in total. The van der Waals surface area contributed by atoms with Crippen molar-refractivity contribution >= 4 is 0 Å². The first-order valence-corrected chi connectivity index (χ1v) is 5.51. The van der Waals surface area contributed by atoms with Crippen molar-refractivity contribution in [2.24, 2.45) is 0 Å². The Morgan fingerprint density at radius 1 is 1.41 bits per heavy atom. The molecule has 17 heavy (non-hydrogen) atoms. The van der Waals surface area contributed by atoms with Gasteiger partial charge in [-0.2, -0.15) is 5.26 Å². The lowest BCUT2D eigenvalue weighted by atomic mass is 10.2. The summed E-state index contributed by atoms with van der Waals surface area (Å²) in [5.41, 5.74) is 0.418. The van der Waals surface area contributed by atoms with Crippen LogP contribution < -0.4 is 4.74 Å². The average Bonchev–Trinajstić information content (AvgIpc) is 2.78. The zero-order chi connectivity index (χ0) is 12.3. The normalized spacial score (nSPS) is 23.0. The zero-order valence-electron chi connectivity index (χ0n) is 9.20. The number of para-hydroxylation sites is 1. The molecule has 1 aliphatic carbocycles. The molecule has 2 rings (SSSR count). The first-order chi connectivity index (χ1) is 8.22. The lowest BCUT2D eigenvalue weighted by Crippen LogP contribution is -2.33. The van der Waals surface area contributed by atoms with Gasteiger partial charge < -0.3 is 4.74 Å². The van der Waals surface area contributed by atoms with E-state index < -0.39 is 12.1 Å². The molecule has 5 heteroatoms. The van der Waals surface area contributed by atoms with E-state index in [-0.39, 0.29) is 4.92 Å². The van der Waals surface area contributed by atoms with Gasteiger partial charge in [-0.1, -0.05) is 12.1 Å². The number of benzene rings is 1. The molecule has 1 aromatic carbocycles. The Hall–Kier alpha value is -2.09. The van der Waals surface area contributed by atoms with Gasteiger partial charge in [0.05, 0.1) is 5.56 Å². The number of hydrogen-bond donors (Lipinski definition) is 0. The molecule has 2 unspecified atom stereocenters. The summed E-state index contributed by atoms with van der Waals surface area (Å²) in [6, 6.07) is 8.18. The van der Waals surface area contributed by atoms with Gasteiger partial charge >= 0.3 is 0 Å². The van der Waals surface area contributed by atoms with E-state index in [0.29, 0.717) is 24.2 Å². The fourth-order valence-corrected chi connectivity index (χ4v) is 2.11. The van der Waals surface area contributed by atoms with E-state index in [1.165, 1.54) is 0 Å². The van der Waals surface area contributed by atoms with Crippen molar-refractivity contribution in [2.75, 3.05) is 0 Å². The highest BCUT2D eigenvalue weighted by Crippen LogP contribution is 2.28. The molecular formula is C12H12N2O3. The summed E-state index contributed by atoms with van der Waals surface area (Å²) in [7, 11) is 0. The average molecular weight is 232 g/mol. The molecule has 0 aliphatic heterocycles. The highest BCUT2D eigenvalue weighted by atomic mass is 16.6. The minimum atomic E-state index is -0.651. The van der Waals surface area contributed by atoms with Crippen molar-refractivity contribution in [3.63, 3.8) is 0 Å². The van der Waals surface area contributed by atoms with E-state index in [2.05, 4.69) is 0 Å². The molecule has 1 aliphatic rings. The first-order valence-electron chi connectivity index (χ1n) is 5.51. The smallest absolute Gasteiger partial charge is 0.249 e. The predicted octanol–water partition coefficient (Wildman–Crippen LogP) is 2.13. The fraction of sp³-hybridized carbons (Fsp3) is 0.417. The van der Waals surface area contributed by atoms with Gasteiger partial charge in [-0.3, -0.25) is 10.1 Å². The van der Waals surface area contributed by atoms with Crippen LogP contribution in [-0.2, 0) is 0 Å². The predicted molar refractivity (Wildman–Crippen MR) is 60.2 cm³/mol. The van der Waals surface area contributed by atoms with Crippen LogP contribution in [0.5, 0.6) is 5.75 Å². The van der Waals surface area contributed by atoms with Gasteiger partial charge in [0.15, 0.2) is 6.10 Å². The quantitative estimate of drug-likeness (QED) is 0.591. The second-order valence-corrected chi connectivity index (χ2v) is 4.05. The van der Waals surface area contributed by atoms with Gasteiger partial charge in [0, 0.05) is 11.3 Å². The van der Waals surface area contributed by atoms with E-state index in [0.717, 1.165) is 6.42 Å². The summed E-state index contributed by atoms with van der Waals surface area (Å²) >= 11 is 0. The van der Waals surface area contributed by atoms with Crippen molar-refractivity contribution < 1.29 is 9.66 Å². The van der Waals surface area contributed by atoms with Crippen LogP contribution in [0, 0.1) is 21.4 Å². The van der Waals surface area contributed by atoms with Crippen LogP contribution in [0.1, 0.15) is 24.8 Å². The summed E-state index contributed by atoms with van der Waals surface area (Å²) in [5.74, 6) is 0.439. The third-order valence-electron chi connectivity index (χ3n) is 2.97. The molecule has 0 spiro atoms. The molecule has 0 radical (unpaired) electrons. The lowest BCUT2D eigenvalue weighted by Gasteiger charge is -2.16. The Kier molecular flexibility index (Phi) is 3.24. The van der Waals surface area contributed by atoms with Crippen LogP contribution in [0.25, 0.3) is 0 Å². The van der Waals surface area contributed by atoms with Gasteiger partial charge in [0.1, 0.15) is 11.8 Å². The van der Waals surface area contributed by atoms with Crippen molar-refractivity contribution in [2.45, 2.75) is 31.4 Å². The van der Waals surface area contributed by atoms with Crippen molar-refractivity contribution in [1.29, 1.82) is 5.26 Å². The maximum absolute atomic E-state index is 10.8.